The molecule has 1 spiro atoms. The third-order valence-corrected chi connectivity index (χ3v) is 7.01. The molecule has 3 aromatic rings. The molecule has 9 nitrogen and oxygen atoms in total. The molecule has 1 aliphatic carbocycles. The van der Waals surface area contributed by atoms with Crippen molar-refractivity contribution in [3.8, 4) is 17.3 Å². The minimum absolute atomic E-state index is 0.0423. The van der Waals surface area contributed by atoms with Crippen LogP contribution in [-0.2, 0) is 11.8 Å². The van der Waals surface area contributed by atoms with Gasteiger partial charge in [0.2, 0.25) is 11.8 Å². The maximum absolute atomic E-state index is 14.4. The molecule has 10 heteroatoms. The highest BCUT2D eigenvalue weighted by molar-refractivity contribution is 5.84. The highest BCUT2D eigenvalue weighted by atomic mass is 19.1. The first-order chi connectivity index (χ1) is 16.3. The minimum atomic E-state index is -0.628. The smallest absolute Gasteiger partial charge is 0.230 e. The van der Waals surface area contributed by atoms with Crippen LogP contribution in [0.4, 0.5) is 10.2 Å². The summed E-state index contributed by atoms with van der Waals surface area (Å²) in [4.78, 5) is 28.1. The van der Waals surface area contributed by atoms with Crippen molar-refractivity contribution in [1.29, 1.82) is 0 Å². The second-order valence-electron chi connectivity index (χ2n) is 9.32. The van der Waals surface area contributed by atoms with E-state index in [4.69, 9.17) is 9.72 Å². The number of carbonyl (C=O) groups is 1. The number of ether oxygens (including phenoxy) is 1. The average Bonchev–Trinajstić information content (AvgIpc) is 3.34. The van der Waals surface area contributed by atoms with Gasteiger partial charge in [0.05, 0.1) is 31.0 Å². The standard InChI is InChI=1S/C24H28FN7O2/c1-14(17-9-21(34-4)26-10-18(17)25)23(33)32-11-19(24(12-32)7-8-24)29-20-6-5-16(15(2)28-20)22-27-13-31(3)30-22/h5-6,9-10,13-14,19H,7-8,11-12H2,1-4H3,(H,28,29)/t14-,19-/m1/s1. The molecule has 0 aromatic carbocycles. The number of anilines is 1. The summed E-state index contributed by atoms with van der Waals surface area (Å²) >= 11 is 0. The molecule has 34 heavy (non-hydrogen) atoms. The number of hydrogen-bond donors (Lipinski definition) is 1. The monoisotopic (exact) mass is 465 g/mol. The van der Waals surface area contributed by atoms with Crippen molar-refractivity contribution >= 4 is 11.7 Å². The molecule has 0 radical (unpaired) electrons. The SMILES string of the molecule is COc1cc([C@@H](C)C(=O)N2C[C@@H](Nc3ccc(-c4ncn(C)n4)c(C)n3)C3(CC3)C2)c(F)cn1. The van der Waals surface area contributed by atoms with Crippen molar-refractivity contribution in [2.75, 3.05) is 25.5 Å². The second kappa shape index (κ2) is 8.34. The van der Waals surface area contributed by atoms with E-state index in [1.807, 2.05) is 31.0 Å². The van der Waals surface area contributed by atoms with Gasteiger partial charge in [-0.3, -0.25) is 9.48 Å². The summed E-state index contributed by atoms with van der Waals surface area (Å²) in [6.07, 6.45) is 4.87. The van der Waals surface area contributed by atoms with E-state index in [-0.39, 0.29) is 17.4 Å². The molecule has 2 aliphatic rings. The zero-order chi connectivity index (χ0) is 24.0. The highest BCUT2D eigenvalue weighted by Gasteiger charge is 2.56. The quantitative estimate of drug-likeness (QED) is 0.598. The molecule has 1 amide bonds. The number of carbonyl (C=O) groups excluding carboxylic acids is 1. The van der Waals surface area contributed by atoms with Gasteiger partial charge in [-0.2, -0.15) is 5.10 Å². The van der Waals surface area contributed by atoms with Crippen LogP contribution in [0.25, 0.3) is 11.4 Å². The van der Waals surface area contributed by atoms with E-state index in [0.29, 0.717) is 30.4 Å². The first-order valence-corrected chi connectivity index (χ1v) is 11.4. The summed E-state index contributed by atoms with van der Waals surface area (Å²) in [6.45, 7) is 4.88. The number of hydrogen-bond acceptors (Lipinski definition) is 7. The molecule has 1 saturated carbocycles. The van der Waals surface area contributed by atoms with E-state index in [9.17, 15) is 9.18 Å². The number of likely N-dealkylation sites (tertiary alicyclic amines) is 1. The van der Waals surface area contributed by atoms with Crippen LogP contribution < -0.4 is 10.1 Å². The Bertz CT molecular complexity index is 1240. The third-order valence-electron chi connectivity index (χ3n) is 7.01. The van der Waals surface area contributed by atoms with Gasteiger partial charge in [-0.05, 0) is 38.8 Å². The van der Waals surface area contributed by atoms with Gasteiger partial charge in [-0.1, -0.05) is 0 Å². The number of halogens is 1. The van der Waals surface area contributed by atoms with Crippen molar-refractivity contribution in [2.24, 2.45) is 12.5 Å². The molecule has 178 valence electrons. The Hall–Kier alpha value is -3.56. The molecule has 1 N–H and O–H groups in total. The van der Waals surface area contributed by atoms with E-state index >= 15 is 0 Å². The molecule has 2 atom stereocenters. The number of pyridine rings is 2. The van der Waals surface area contributed by atoms with Crippen molar-refractivity contribution in [3.05, 3.63) is 47.8 Å². The fourth-order valence-electron chi connectivity index (χ4n) is 4.81. The van der Waals surface area contributed by atoms with Gasteiger partial charge in [0.15, 0.2) is 5.82 Å². The summed E-state index contributed by atoms with van der Waals surface area (Å²) in [5, 5.41) is 7.91. The summed E-state index contributed by atoms with van der Waals surface area (Å²) in [6, 6.07) is 5.49. The molecule has 2 fully saturated rings. The predicted molar refractivity (Wildman–Crippen MR) is 124 cm³/mol. The maximum Gasteiger partial charge on any atom is 0.230 e. The first-order valence-electron chi connectivity index (χ1n) is 11.4. The predicted octanol–water partition coefficient (Wildman–Crippen LogP) is 2.93. The second-order valence-corrected chi connectivity index (χ2v) is 9.32. The van der Waals surface area contributed by atoms with Crippen LogP contribution in [0.5, 0.6) is 5.88 Å². The largest absolute Gasteiger partial charge is 0.481 e. The van der Waals surface area contributed by atoms with Crippen molar-refractivity contribution in [2.45, 2.75) is 38.6 Å². The van der Waals surface area contributed by atoms with Gasteiger partial charge in [0, 0.05) is 42.7 Å². The Balaban J connectivity index is 1.31. The highest BCUT2D eigenvalue weighted by Crippen LogP contribution is 2.54. The van der Waals surface area contributed by atoms with Gasteiger partial charge in [-0.25, -0.2) is 19.3 Å². The van der Waals surface area contributed by atoms with E-state index in [1.165, 1.54) is 13.2 Å². The molecule has 4 heterocycles. The lowest BCUT2D eigenvalue weighted by Crippen LogP contribution is -2.34. The van der Waals surface area contributed by atoms with E-state index in [2.05, 4.69) is 20.4 Å². The Labute approximate surface area is 197 Å². The average molecular weight is 466 g/mol. The normalized spacial score (nSPS) is 19.3. The van der Waals surface area contributed by atoms with Crippen molar-refractivity contribution < 1.29 is 13.9 Å². The molecule has 0 bridgehead atoms. The fourth-order valence-corrected chi connectivity index (χ4v) is 4.81. The van der Waals surface area contributed by atoms with Crippen LogP contribution in [-0.4, -0.2) is 61.8 Å². The van der Waals surface area contributed by atoms with Gasteiger partial charge in [-0.15, -0.1) is 0 Å². The molecule has 0 unspecified atom stereocenters. The van der Waals surface area contributed by atoms with Crippen LogP contribution in [0.3, 0.4) is 0 Å². The third kappa shape index (κ3) is 3.97. The van der Waals surface area contributed by atoms with Crippen LogP contribution in [0, 0.1) is 18.2 Å². The van der Waals surface area contributed by atoms with E-state index < -0.39 is 11.7 Å². The number of aryl methyl sites for hydroxylation is 2. The Morgan fingerprint density at radius 1 is 1.32 bits per heavy atom. The first kappa shape index (κ1) is 22.2. The van der Waals surface area contributed by atoms with Crippen LogP contribution in [0.2, 0.25) is 0 Å². The Morgan fingerprint density at radius 3 is 2.76 bits per heavy atom. The fraction of sp³-hybridized carbons (Fsp3) is 0.458. The lowest BCUT2D eigenvalue weighted by molar-refractivity contribution is -0.131. The molecular formula is C24H28FN7O2. The van der Waals surface area contributed by atoms with E-state index in [0.717, 1.165) is 36.1 Å². The number of rotatable bonds is 6. The number of aromatic nitrogens is 5. The van der Waals surface area contributed by atoms with Gasteiger partial charge < -0.3 is 15.0 Å². The zero-order valence-corrected chi connectivity index (χ0v) is 19.7. The number of amides is 1. The van der Waals surface area contributed by atoms with Crippen molar-refractivity contribution in [3.63, 3.8) is 0 Å². The van der Waals surface area contributed by atoms with Gasteiger partial charge in [0.1, 0.15) is 18.0 Å². The van der Waals surface area contributed by atoms with Crippen LogP contribution >= 0.6 is 0 Å². The molecule has 5 rings (SSSR count). The lowest BCUT2D eigenvalue weighted by Gasteiger charge is -2.22. The Morgan fingerprint density at radius 2 is 2.12 bits per heavy atom. The molecule has 1 saturated heterocycles. The van der Waals surface area contributed by atoms with Gasteiger partial charge in [0.25, 0.3) is 0 Å². The topological polar surface area (TPSA) is 98.1 Å². The summed E-state index contributed by atoms with van der Waals surface area (Å²) in [7, 11) is 3.30. The number of methoxy groups -OCH3 is 1. The minimum Gasteiger partial charge on any atom is -0.481 e. The van der Waals surface area contributed by atoms with Crippen LogP contribution in [0.1, 0.15) is 36.9 Å². The zero-order valence-electron chi connectivity index (χ0n) is 19.7. The van der Waals surface area contributed by atoms with Gasteiger partial charge >= 0.3 is 0 Å². The number of nitrogens with zero attached hydrogens (tertiary/aromatic N) is 6. The molecular weight excluding hydrogens is 437 g/mol. The van der Waals surface area contributed by atoms with Crippen LogP contribution in [0.15, 0.2) is 30.7 Å². The maximum atomic E-state index is 14.4. The summed E-state index contributed by atoms with van der Waals surface area (Å²) < 4.78 is 21.2. The number of nitrogens with one attached hydrogen (secondary N) is 1. The lowest BCUT2D eigenvalue weighted by atomic mass is 10.00. The Kier molecular flexibility index (Phi) is 5.45. The molecule has 1 aliphatic heterocycles. The van der Waals surface area contributed by atoms with E-state index in [1.54, 1.807) is 17.9 Å². The summed E-state index contributed by atoms with van der Waals surface area (Å²) in [5.41, 5.74) is 2.07. The summed E-state index contributed by atoms with van der Waals surface area (Å²) in [5.74, 6) is 0.478. The molecule has 3 aromatic heterocycles. The van der Waals surface area contributed by atoms with Crippen molar-refractivity contribution in [1.82, 2.24) is 29.6 Å².